The predicted molar refractivity (Wildman–Crippen MR) is 72.9 cm³/mol. The smallest absolute Gasteiger partial charge is 0.404 e. The van der Waals surface area contributed by atoms with E-state index in [1.807, 2.05) is 0 Å². The van der Waals surface area contributed by atoms with E-state index >= 15 is 0 Å². The van der Waals surface area contributed by atoms with Gasteiger partial charge in [-0.15, -0.1) is 0 Å². The molecule has 0 unspecified atom stereocenters. The molecule has 4 heteroatoms. The summed E-state index contributed by atoms with van der Waals surface area (Å²) in [6, 6.07) is 0. The summed E-state index contributed by atoms with van der Waals surface area (Å²) in [6.45, 7) is 11.3. The fourth-order valence-corrected chi connectivity index (χ4v) is 4.38. The third-order valence-corrected chi connectivity index (χ3v) is 6.05. The van der Waals surface area contributed by atoms with Crippen LogP contribution in [0.15, 0.2) is 0 Å². The van der Waals surface area contributed by atoms with Crippen molar-refractivity contribution in [3.05, 3.63) is 0 Å². The molecule has 0 spiro atoms. The number of hydrogen-bond donors (Lipinski definition) is 1. The van der Waals surface area contributed by atoms with Gasteiger partial charge >= 0.3 is 7.12 Å². The van der Waals surface area contributed by atoms with Crippen molar-refractivity contribution in [3.8, 4) is 0 Å². The zero-order valence-corrected chi connectivity index (χ0v) is 12.3. The summed E-state index contributed by atoms with van der Waals surface area (Å²) < 4.78 is 12.5. The molecule has 1 heterocycles. The van der Waals surface area contributed by atoms with Crippen molar-refractivity contribution in [1.29, 1.82) is 0 Å². The maximum Gasteiger partial charge on any atom is 0.475 e. The van der Waals surface area contributed by atoms with E-state index in [2.05, 4.69) is 34.6 Å². The fourth-order valence-electron chi connectivity index (χ4n) is 4.38. The number of rotatable bonds is 2. The second kappa shape index (κ2) is 3.74. The van der Waals surface area contributed by atoms with Gasteiger partial charge in [-0.3, -0.25) is 0 Å². The lowest BCUT2D eigenvalue weighted by Crippen LogP contribution is -2.65. The molecule has 2 bridgehead atoms. The Kier molecular flexibility index (Phi) is 2.69. The summed E-state index contributed by atoms with van der Waals surface area (Å²) >= 11 is 0. The zero-order valence-electron chi connectivity index (χ0n) is 12.3. The van der Waals surface area contributed by atoms with Crippen molar-refractivity contribution in [2.45, 2.75) is 65.1 Å². The first kappa shape index (κ1) is 13.0. The van der Waals surface area contributed by atoms with Crippen molar-refractivity contribution >= 4 is 7.12 Å². The van der Waals surface area contributed by atoms with Crippen LogP contribution in [0.25, 0.3) is 0 Å². The van der Waals surface area contributed by atoms with Crippen LogP contribution in [0.5, 0.6) is 0 Å². The summed E-state index contributed by atoms with van der Waals surface area (Å²) in [5.41, 5.74) is 6.50. The number of nitrogens with two attached hydrogens (primary N) is 1. The average molecular weight is 251 g/mol. The molecule has 1 aliphatic heterocycles. The van der Waals surface area contributed by atoms with E-state index < -0.39 is 0 Å². The van der Waals surface area contributed by atoms with Crippen LogP contribution in [0.2, 0.25) is 0 Å². The fraction of sp³-hybridized carbons (Fsp3) is 1.00. The molecule has 4 fully saturated rings. The van der Waals surface area contributed by atoms with Gasteiger partial charge in [0, 0.05) is 5.94 Å². The molecule has 0 aromatic heterocycles. The Hall–Kier alpha value is -0.0551. The van der Waals surface area contributed by atoms with Crippen LogP contribution in [0.3, 0.4) is 0 Å². The molecule has 0 aromatic carbocycles. The molecular weight excluding hydrogens is 225 g/mol. The van der Waals surface area contributed by atoms with Gasteiger partial charge in [0.2, 0.25) is 0 Å². The highest BCUT2D eigenvalue weighted by molar-refractivity contribution is 6.47. The topological polar surface area (TPSA) is 44.5 Å². The predicted octanol–water partition coefficient (Wildman–Crippen LogP) is 2.24. The minimum Gasteiger partial charge on any atom is -0.404 e. The van der Waals surface area contributed by atoms with E-state index in [1.165, 1.54) is 6.42 Å². The van der Waals surface area contributed by atoms with Crippen molar-refractivity contribution < 1.29 is 9.31 Å². The van der Waals surface area contributed by atoms with E-state index in [0.29, 0.717) is 17.3 Å². The second-order valence-corrected chi connectivity index (χ2v) is 7.66. The highest BCUT2D eigenvalue weighted by Crippen LogP contribution is 2.65. The number of hydrogen-bond acceptors (Lipinski definition) is 3. The Morgan fingerprint density at radius 3 is 2.44 bits per heavy atom. The highest BCUT2D eigenvalue weighted by Gasteiger charge is 2.68. The molecule has 3 saturated carbocycles. The molecule has 3 aliphatic carbocycles. The van der Waals surface area contributed by atoms with E-state index in [4.69, 9.17) is 15.0 Å². The third kappa shape index (κ3) is 1.49. The van der Waals surface area contributed by atoms with Gasteiger partial charge in [0.25, 0.3) is 0 Å². The Morgan fingerprint density at radius 2 is 1.89 bits per heavy atom. The van der Waals surface area contributed by atoms with Crippen molar-refractivity contribution in [3.63, 3.8) is 0 Å². The SMILES string of the molecule is CC(C)[C@H](N)B1O[C@@H]2C[C@H]3C[C@H](C3(C)C)[C@]2(C)O1. The largest absolute Gasteiger partial charge is 0.475 e. The minimum atomic E-state index is -0.213. The quantitative estimate of drug-likeness (QED) is 0.765. The normalized spacial score (nSPS) is 46.8. The monoisotopic (exact) mass is 251 g/mol. The molecular formula is C14H26BNO2. The zero-order chi connectivity index (χ0) is 13.3. The van der Waals surface area contributed by atoms with Gasteiger partial charge in [-0.1, -0.05) is 27.7 Å². The van der Waals surface area contributed by atoms with Gasteiger partial charge in [0.15, 0.2) is 0 Å². The van der Waals surface area contributed by atoms with Crippen molar-refractivity contribution in [2.75, 3.05) is 0 Å². The molecule has 102 valence electrons. The van der Waals surface area contributed by atoms with Crippen LogP contribution < -0.4 is 5.73 Å². The summed E-state index contributed by atoms with van der Waals surface area (Å²) in [5.74, 6) is 1.80. The lowest BCUT2D eigenvalue weighted by Gasteiger charge is -2.64. The first-order valence-electron chi connectivity index (χ1n) is 7.35. The van der Waals surface area contributed by atoms with Gasteiger partial charge in [0.05, 0.1) is 11.7 Å². The Balaban J connectivity index is 1.81. The first-order valence-corrected chi connectivity index (χ1v) is 7.35. The first-order chi connectivity index (χ1) is 8.26. The summed E-state index contributed by atoms with van der Waals surface area (Å²) in [5, 5.41) is 0. The van der Waals surface area contributed by atoms with Gasteiger partial charge < -0.3 is 15.0 Å². The van der Waals surface area contributed by atoms with Crippen LogP contribution in [-0.4, -0.2) is 24.8 Å². The van der Waals surface area contributed by atoms with Crippen LogP contribution in [-0.2, 0) is 9.31 Å². The highest BCUT2D eigenvalue weighted by atomic mass is 16.7. The van der Waals surface area contributed by atoms with E-state index in [1.54, 1.807) is 0 Å². The van der Waals surface area contributed by atoms with E-state index in [0.717, 1.165) is 12.3 Å². The van der Waals surface area contributed by atoms with Crippen LogP contribution in [0.4, 0.5) is 0 Å². The molecule has 0 amide bonds. The molecule has 3 nitrogen and oxygen atoms in total. The minimum absolute atomic E-state index is 0.0206. The standard InChI is InChI=1S/C14H26BNO2/c1-8(2)12(16)15-17-11-7-9-6-10(13(9,3)4)14(11,5)18-15/h8-12H,6-7,16H2,1-5H3/t9-,10-,11-,12+,14+/m1/s1. The maximum atomic E-state index is 6.31. The lowest BCUT2D eigenvalue weighted by molar-refractivity contribution is -0.199. The van der Waals surface area contributed by atoms with Gasteiger partial charge in [-0.25, -0.2) is 0 Å². The van der Waals surface area contributed by atoms with Crippen molar-refractivity contribution in [1.82, 2.24) is 0 Å². The summed E-state index contributed by atoms with van der Waals surface area (Å²) in [7, 11) is -0.213. The van der Waals surface area contributed by atoms with Gasteiger partial charge in [-0.2, -0.15) is 0 Å². The van der Waals surface area contributed by atoms with Gasteiger partial charge in [-0.05, 0) is 42.9 Å². The van der Waals surface area contributed by atoms with Gasteiger partial charge in [0.1, 0.15) is 0 Å². The Morgan fingerprint density at radius 1 is 1.22 bits per heavy atom. The van der Waals surface area contributed by atoms with E-state index in [-0.39, 0.29) is 24.8 Å². The molecule has 18 heavy (non-hydrogen) atoms. The molecule has 4 rings (SSSR count). The lowest BCUT2D eigenvalue weighted by atomic mass is 9.43. The Bertz CT molecular complexity index is 360. The molecule has 2 N–H and O–H groups in total. The Labute approximate surface area is 111 Å². The molecule has 4 aliphatic rings. The third-order valence-electron chi connectivity index (χ3n) is 6.05. The molecule has 1 saturated heterocycles. The van der Waals surface area contributed by atoms with Crippen LogP contribution in [0.1, 0.15) is 47.5 Å². The molecule has 0 radical (unpaired) electrons. The van der Waals surface area contributed by atoms with Crippen LogP contribution in [0, 0.1) is 23.2 Å². The van der Waals surface area contributed by atoms with E-state index in [9.17, 15) is 0 Å². The van der Waals surface area contributed by atoms with Crippen molar-refractivity contribution in [2.24, 2.45) is 28.9 Å². The molecule has 5 atom stereocenters. The summed E-state index contributed by atoms with van der Waals surface area (Å²) in [4.78, 5) is 0. The maximum absolute atomic E-state index is 6.31. The second-order valence-electron chi connectivity index (χ2n) is 7.66. The molecule has 0 aromatic rings. The summed E-state index contributed by atoms with van der Waals surface area (Å²) in [6.07, 6.45) is 2.69. The average Bonchev–Trinajstić information content (AvgIpc) is 2.63. The van der Waals surface area contributed by atoms with Crippen LogP contribution >= 0.6 is 0 Å².